The Hall–Kier alpha value is -1.12. The molecule has 0 aromatic carbocycles. The summed E-state index contributed by atoms with van der Waals surface area (Å²) in [6, 6.07) is 0. The fourth-order valence-electron chi connectivity index (χ4n) is 1.02. The van der Waals surface area contributed by atoms with Gasteiger partial charge in [-0.05, 0) is 27.2 Å². The monoisotopic (exact) mass is 181 g/mol. The van der Waals surface area contributed by atoms with Crippen molar-refractivity contribution in [3.8, 4) is 0 Å². The van der Waals surface area contributed by atoms with Crippen molar-refractivity contribution in [3.63, 3.8) is 0 Å². The van der Waals surface area contributed by atoms with E-state index in [2.05, 4.69) is 4.99 Å². The fraction of sp³-hybridized carbons (Fsp3) is 0.600. The largest absolute Gasteiger partial charge is 0.460 e. The van der Waals surface area contributed by atoms with Crippen LogP contribution in [0.2, 0.25) is 0 Å². The van der Waals surface area contributed by atoms with Gasteiger partial charge in [0.2, 0.25) is 0 Å². The van der Waals surface area contributed by atoms with Crippen molar-refractivity contribution in [2.75, 3.05) is 0 Å². The highest BCUT2D eigenvalue weighted by atomic mass is 16.6. The molecule has 3 heteroatoms. The third kappa shape index (κ3) is 3.40. The summed E-state index contributed by atoms with van der Waals surface area (Å²) in [6.45, 7) is 5.60. The molecule has 0 N–H and O–H groups in total. The number of nitrogens with zero attached hydrogens (tertiary/aromatic N) is 1. The second kappa shape index (κ2) is 3.73. The maximum Gasteiger partial charge on any atom is 0.313 e. The molecular weight excluding hydrogens is 166 g/mol. The first-order valence-electron chi connectivity index (χ1n) is 4.40. The molecule has 1 rings (SSSR count). The van der Waals surface area contributed by atoms with Gasteiger partial charge < -0.3 is 4.74 Å². The number of esters is 1. The van der Waals surface area contributed by atoms with Crippen LogP contribution < -0.4 is 0 Å². The number of hydrogen-bond acceptors (Lipinski definition) is 3. The van der Waals surface area contributed by atoms with E-state index in [1.165, 1.54) is 0 Å². The fourth-order valence-corrected chi connectivity index (χ4v) is 1.02. The first kappa shape index (κ1) is 9.96. The smallest absolute Gasteiger partial charge is 0.313 e. The van der Waals surface area contributed by atoms with E-state index in [9.17, 15) is 4.79 Å². The quantitative estimate of drug-likeness (QED) is 0.580. The van der Waals surface area contributed by atoms with Gasteiger partial charge in [-0.25, -0.2) is 0 Å². The highest BCUT2D eigenvalue weighted by molar-refractivity contribution is 5.79. The molecule has 0 saturated heterocycles. The molecule has 1 unspecified atom stereocenters. The molecule has 13 heavy (non-hydrogen) atoms. The van der Waals surface area contributed by atoms with Crippen LogP contribution in [-0.4, -0.2) is 17.8 Å². The second-order valence-electron chi connectivity index (χ2n) is 4.05. The molecule has 1 aliphatic rings. The van der Waals surface area contributed by atoms with E-state index in [4.69, 9.17) is 4.74 Å². The minimum absolute atomic E-state index is 0.156. The zero-order chi connectivity index (χ0) is 9.90. The highest BCUT2D eigenvalue weighted by Crippen LogP contribution is 2.15. The lowest BCUT2D eigenvalue weighted by Gasteiger charge is -2.22. The Morgan fingerprint density at radius 1 is 1.54 bits per heavy atom. The van der Waals surface area contributed by atoms with Gasteiger partial charge in [-0.1, -0.05) is 6.08 Å². The molecule has 3 nitrogen and oxygen atoms in total. The molecule has 1 atom stereocenters. The molecule has 0 aromatic heterocycles. The lowest BCUT2D eigenvalue weighted by atomic mass is 10.0. The number of hydrogen-bond donors (Lipinski definition) is 0. The zero-order valence-corrected chi connectivity index (χ0v) is 8.28. The third-order valence-electron chi connectivity index (χ3n) is 1.58. The van der Waals surface area contributed by atoms with Gasteiger partial charge in [-0.15, -0.1) is 0 Å². The number of carbonyl (C=O) groups is 1. The van der Waals surface area contributed by atoms with E-state index in [0.717, 1.165) is 0 Å². The van der Waals surface area contributed by atoms with Gasteiger partial charge in [0.05, 0.1) is 5.92 Å². The lowest BCUT2D eigenvalue weighted by Crippen LogP contribution is -2.28. The summed E-state index contributed by atoms with van der Waals surface area (Å²) in [5, 5.41) is 0. The summed E-state index contributed by atoms with van der Waals surface area (Å²) in [7, 11) is 0. The highest BCUT2D eigenvalue weighted by Gasteiger charge is 2.23. The van der Waals surface area contributed by atoms with Gasteiger partial charge in [0, 0.05) is 12.4 Å². The predicted octanol–water partition coefficient (Wildman–Crippen LogP) is 1.93. The molecular formula is C10H15NO2. The molecule has 1 heterocycles. The molecule has 0 aromatic rings. The standard InChI is InChI=1S/C10H15NO2/c1-10(2,3)13-9(12)8-4-6-11-7-5-8/h4,6-8H,5H2,1-3H3. The Morgan fingerprint density at radius 2 is 2.23 bits per heavy atom. The molecule has 0 radical (unpaired) electrons. The van der Waals surface area contributed by atoms with Crippen LogP contribution in [0.1, 0.15) is 27.2 Å². The summed E-state index contributed by atoms with van der Waals surface area (Å²) in [5.41, 5.74) is -0.403. The van der Waals surface area contributed by atoms with Crippen molar-refractivity contribution in [3.05, 3.63) is 12.3 Å². The molecule has 0 spiro atoms. The molecule has 0 bridgehead atoms. The van der Waals surface area contributed by atoms with Crippen LogP contribution in [0.4, 0.5) is 0 Å². The van der Waals surface area contributed by atoms with Crippen molar-refractivity contribution in [2.24, 2.45) is 10.9 Å². The Morgan fingerprint density at radius 3 is 2.69 bits per heavy atom. The summed E-state index contributed by atoms with van der Waals surface area (Å²) in [4.78, 5) is 15.4. The molecule has 72 valence electrons. The minimum Gasteiger partial charge on any atom is -0.460 e. The zero-order valence-electron chi connectivity index (χ0n) is 8.28. The van der Waals surface area contributed by atoms with Crippen LogP contribution >= 0.6 is 0 Å². The third-order valence-corrected chi connectivity index (χ3v) is 1.58. The van der Waals surface area contributed by atoms with Gasteiger partial charge >= 0.3 is 5.97 Å². The normalized spacial score (nSPS) is 21.6. The van der Waals surface area contributed by atoms with Crippen molar-refractivity contribution < 1.29 is 9.53 Å². The number of aliphatic imine (C=N–C) groups is 1. The average molecular weight is 181 g/mol. The molecule has 0 fully saturated rings. The van der Waals surface area contributed by atoms with Gasteiger partial charge in [0.15, 0.2) is 0 Å². The summed E-state index contributed by atoms with van der Waals surface area (Å²) in [5.74, 6) is -0.327. The molecule has 1 aliphatic heterocycles. The Kier molecular flexibility index (Phi) is 2.86. The van der Waals surface area contributed by atoms with E-state index in [-0.39, 0.29) is 11.9 Å². The van der Waals surface area contributed by atoms with Crippen LogP contribution in [-0.2, 0) is 9.53 Å². The minimum atomic E-state index is -0.403. The average Bonchev–Trinajstić information content (AvgIpc) is 2.03. The first-order valence-corrected chi connectivity index (χ1v) is 4.40. The summed E-state index contributed by atoms with van der Waals surface area (Å²) in [6.07, 6.45) is 5.78. The molecule has 0 aliphatic carbocycles. The van der Waals surface area contributed by atoms with E-state index in [1.807, 2.05) is 20.8 Å². The van der Waals surface area contributed by atoms with Crippen molar-refractivity contribution >= 4 is 12.2 Å². The van der Waals surface area contributed by atoms with Crippen molar-refractivity contribution in [2.45, 2.75) is 32.8 Å². The summed E-state index contributed by atoms with van der Waals surface area (Å²) < 4.78 is 5.23. The number of rotatable bonds is 1. The van der Waals surface area contributed by atoms with E-state index in [0.29, 0.717) is 6.42 Å². The lowest BCUT2D eigenvalue weighted by molar-refractivity contribution is -0.157. The van der Waals surface area contributed by atoms with E-state index >= 15 is 0 Å². The molecule has 0 amide bonds. The van der Waals surface area contributed by atoms with Gasteiger partial charge in [0.25, 0.3) is 0 Å². The Labute approximate surface area is 78.5 Å². The van der Waals surface area contributed by atoms with Gasteiger partial charge in [-0.2, -0.15) is 0 Å². The van der Waals surface area contributed by atoms with E-state index < -0.39 is 5.60 Å². The summed E-state index contributed by atoms with van der Waals surface area (Å²) >= 11 is 0. The number of ether oxygens (including phenoxy) is 1. The van der Waals surface area contributed by atoms with Crippen molar-refractivity contribution in [1.29, 1.82) is 0 Å². The SMILES string of the molecule is CC(C)(C)OC(=O)C1C=CN=CC1. The maximum absolute atomic E-state index is 11.5. The van der Waals surface area contributed by atoms with Crippen molar-refractivity contribution in [1.82, 2.24) is 0 Å². The second-order valence-corrected chi connectivity index (χ2v) is 4.05. The molecule has 0 saturated carbocycles. The Bertz CT molecular complexity index is 248. The van der Waals surface area contributed by atoms with Crippen LogP contribution in [0.3, 0.4) is 0 Å². The van der Waals surface area contributed by atoms with Crippen LogP contribution in [0.25, 0.3) is 0 Å². The van der Waals surface area contributed by atoms with Crippen LogP contribution in [0.5, 0.6) is 0 Å². The van der Waals surface area contributed by atoms with Crippen LogP contribution in [0, 0.1) is 5.92 Å². The number of carbonyl (C=O) groups excluding carboxylic acids is 1. The predicted molar refractivity (Wildman–Crippen MR) is 51.6 cm³/mol. The van der Waals surface area contributed by atoms with Gasteiger partial charge in [-0.3, -0.25) is 9.79 Å². The van der Waals surface area contributed by atoms with Gasteiger partial charge in [0.1, 0.15) is 5.60 Å². The van der Waals surface area contributed by atoms with E-state index in [1.54, 1.807) is 18.5 Å². The first-order chi connectivity index (χ1) is 5.99. The van der Waals surface area contributed by atoms with Crippen LogP contribution in [0.15, 0.2) is 17.3 Å². The maximum atomic E-state index is 11.5. The Balaban J connectivity index is 2.49. The topological polar surface area (TPSA) is 38.7 Å².